The molecule has 5 nitrogen and oxygen atoms in total. The van der Waals surface area contributed by atoms with E-state index in [0.717, 1.165) is 29.0 Å². The normalized spacial score (nSPS) is 11.2. The zero-order valence-corrected chi connectivity index (χ0v) is 12.9. The molecule has 2 aromatic rings. The van der Waals surface area contributed by atoms with E-state index in [1.165, 1.54) is 11.3 Å². The Hall–Kier alpha value is -1.66. The van der Waals surface area contributed by atoms with Crippen LogP contribution < -0.4 is 11.1 Å². The lowest BCUT2D eigenvalue weighted by atomic mass is 10.2. The van der Waals surface area contributed by atoms with E-state index >= 15 is 0 Å². The third-order valence-corrected chi connectivity index (χ3v) is 4.37. The van der Waals surface area contributed by atoms with Gasteiger partial charge in [0.1, 0.15) is 9.71 Å². The van der Waals surface area contributed by atoms with Gasteiger partial charge in [0.05, 0.1) is 5.69 Å². The second-order valence-corrected chi connectivity index (χ2v) is 5.80. The standard InChI is InChI=1S/C14H20N4OS/c1-4-18(3)8-7-16-13(19)12-11(15)10-6-5-9(2)17-14(10)20-12/h5-6H,4,7-8,15H2,1-3H3,(H,16,19). The number of nitrogens with one attached hydrogen (secondary N) is 1. The molecule has 0 bridgehead atoms. The highest BCUT2D eigenvalue weighted by Crippen LogP contribution is 2.32. The molecule has 0 aliphatic heterocycles. The first kappa shape index (κ1) is 14.7. The number of nitrogen functional groups attached to an aromatic ring is 1. The molecule has 0 saturated heterocycles. The van der Waals surface area contributed by atoms with E-state index < -0.39 is 0 Å². The lowest BCUT2D eigenvalue weighted by Crippen LogP contribution is -2.32. The molecule has 0 saturated carbocycles. The van der Waals surface area contributed by atoms with Crippen LogP contribution in [0.4, 0.5) is 5.69 Å². The van der Waals surface area contributed by atoms with Crippen LogP contribution in [-0.2, 0) is 0 Å². The Balaban J connectivity index is 2.12. The van der Waals surface area contributed by atoms with Crippen LogP contribution in [0.5, 0.6) is 0 Å². The summed E-state index contributed by atoms with van der Waals surface area (Å²) in [5.74, 6) is -0.118. The van der Waals surface area contributed by atoms with Gasteiger partial charge in [-0.25, -0.2) is 4.98 Å². The quantitative estimate of drug-likeness (QED) is 0.882. The molecule has 0 unspecified atom stereocenters. The van der Waals surface area contributed by atoms with Gasteiger partial charge in [0.2, 0.25) is 0 Å². The van der Waals surface area contributed by atoms with Crippen LogP contribution in [0.1, 0.15) is 22.3 Å². The minimum Gasteiger partial charge on any atom is -0.397 e. The summed E-state index contributed by atoms with van der Waals surface area (Å²) in [7, 11) is 2.02. The molecule has 2 heterocycles. The van der Waals surface area contributed by atoms with E-state index in [0.29, 0.717) is 17.1 Å². The van der Waals surface area contributed by atoms with E-state index in [-0.39, 0.29) is 5.91 Å². The summed E-state index contributed by atoms with van der Waals surface area (Å²) in [5, 5.41) is 3.76. The fourth-order valence-electron chi connectivity index (χ4n) is 1.86. The maximum absolute atomic E-state index is 12.2. The third-order valence-electron chi connectivity index (χ3n) is 3.26. The second-order valence-electron chi connectivity index (χ2n) is 4.80. The first-order valence-corrected chi connectivity index (χ1v) is 7.47. The molecule has 6 heteroatoms. The molecule has 0 aliphatic rings. The Labute approximate surface area is 122 Å². The van der Waals surface area contributed by atoms with Crippen molar-refractivity contribution in [2.24, 2.45) is 0 Å². The van der Waals surface area contributed by atoms with Gasteiger partial charge in [-0.3, -0.25) is 4.79 Å². The number of aryl methyl sites for hydroxylation is 1. The molecule has 108 valence electrons. The summed E-state index contributed by atoms with van der Waals surface area (Å²) in [6, 6.07) is 3.83. The SMILES string of the molecule is CCN(C)CCNC(=O)c1sc2nc(C)ccc2c1N. The molecule has 0 radical (unpaired) electrons. The first-order chi connectivity index (χ1) is 9.52. The van der Waals surface area contributed by atoms with Crippen molar-refractivity contribution in [3.8, 4) is 0 Å². The lowest BCUT2D eigenvalue weighted by molar-refractivity contribution is 0.0955. The minimum atomic E-state index is -0.118. The van der Waals surface area contributed by atoms with Crippen molar-refractivity contribution in [2.75, 3.05) is 32.4 Å². The van der Waals surface area contributed by atoms with Gasteiger partial charge in [0.15, 0.2) is 0 Å². The summed E-state index contributed by atoms with van der Waals surface area (Å²) < 4.78 is 0. The molecule has 0 fully saturated rings. The van der Waals surface area contributed by atoms with E-state index in [2.05, 4.69) is 22.1 Å². The molecular weight excluding hydrogens is 272 g/mol. The third kappa shape index (κ3) is 3.08. The van der Waals surface area contributed by atoms with E-state index in [1.54, 1.807) is 0 Å². The van der Waals surface area contributed by atoms with Crippen LogP contribution >= 0.6 is 11.3 Å². The lowest BCUT2D eigenvalue weighted by Gasteiger charge is -2.13. The monoisotopic (exact) mass is 292 g/mol. The van der Waals surface area contributed by atoms with Crippen LogP contribution in [0.3, 0.4) is 0 Å². The Kier molecular flexibility index (Phi) is 4.57. The van der Waals surface area contributed by atoms with Crippen molar-refractivity contribution >= 4 is 33.1 Å². The predicted octanol–water partition coefficient (Wildman–Crippen LogP) is 1.87. The molecule has 0 aliphatic carbocycles. The fourth-order valence-corrected chi connectivity index (χ4v) is 2.91. The number of carbonyl (C=O) groups excluding carboxylic acids is 1. The molecule has 20 heavy (non-hydrogen) atoms. The van der Waals surface area contributed by atoms with Crippen molar-refractivity contribution in [3.05, 3.63) is 22.7 Å². The average Bonchev–Trinajstić information content (AvgIpc) is 2.75. The maximum atomic E-state index is 12.2. The molecule has 0 aromatic carbocycles. The van der Waals surface area contributed by atoms with E-state index in [4.69, 9.17) is 5.73 Å². The number of aromatic nitrogens is 1. The Bertz CT molecular complexity index is 623. The molecule has 2 rings (SSSR count). The van der Waals surface area contributed by atoms with Gasteiger partial charge in [0.25, 0.3) is 5.91 Å². The van der Waals surface area contributed by atoms with Gasteiger partial charge in [0, 0.05) is 24.2 Å². The number of likely N-dealkylation sites (N-methyl/N-ethyl adjacent to an activating group) is 1. The van der Waals surface area contributed by atoms with Gasteiger partial charge < -0.3 is 16.0 Å². The number of nitrogens with two attached hydrogens (primary N) is 1. The van der Waals surface area contributed by atoms with Crippen molar-refractivity contribution in [2.45, 2.75) is 13.8 Å². The number of thiophene rings is 1. The predicted molar refractivity (Wildman–Crippen MR) is 84.3 cm³/mol. The number of fused-ring (bicyclic) bond motifs is 1. The largest absolute Gasteiger partial charge is 0.397 e. The Morgan fingerprint density at radius 3 is 2.95 bits per heavy atom. The molecule has 3 N–H and O–H groups in total. The number of hydrogen-bond acceptors (Lipinski definition) is 5. The zero-order chi connectivity index (χ0) is 14.7. The number of carbonyl (C=O) groups is 1. The van der Waals surface area contributed by atoms with E-state index in [1.807, 2.05) is 26.1 Å². The number of amides is 1. The molecule has 1 amide bonds. The highest BCUT2D eigenvalue weighted by atomic mass is 32.1. The van der Waals surface area contributed by atoms with Gasteiger partial charge in [-0.15, -0.1) is 11.3 Å². The van der Waals surface area contributed by atoms with Crippen molar-refractivity contribution in [1.29, 1.82) is 0 Å². The second kappa shape index (κ2) is 6.19. The number of pyridine rings is 1. The smallest absolute Gasteiger partial charge is 0.263 e. The number of hydrogen-bond donors (Lipinski definition) is 2. The van der Waals surface area contributed by atoms with Gasteiger partial charge in [-0.2, -0.15) is 0 Å². The number of anilines is 1. The summed E-state index contributed by atoms with van der Waals surface area (Å²) >= 11 is 1.35. The summed E-state index contributed by atoms with van der Waals surface area (Å²) in [6.45, 7) is 6.41. The van der Waals surface area contributed by atoms with Crippen LogP contribution in [0, 0.1) is 6.92 Å². The highest BCUT2D eigenvalue weighted by Gasteiger charge is 2.16. The van der Waals surface area contributed by atoms with Crippen LogP contribution in [0.15, 0.2) is 12.1 Å². The zero-order valence-electron chi connectivity index (χ0n) is 12.1. The molecule has 0 spiro atoms. The molecule has 2 aromatic heterocycles. The highest BCUT2D eigenvalue weighted by molar-refractivity contribution is 7.21. The fraction of sp³-hybridized carbons (Fsp3) is 0.429. The van der Waals surface area contributed by atoms with Gasteiger partial charge in [-0.05, 0) is 32.6 Å². The summed E-state index contributed by atoms with van der Waals surface area (Å²) in [6.07, 6.45) is 0. The number of rotatable bonds is 5. The topological polar surface area (TPSA) is 71.2 Å². The Morgan fingerprint density at radius 1 is 1.50 bits per heavy atom. The summed E-state index contributed by atoms with van der Waals surface area (Å²) in [4.78, 5) is 20.1. The van der Waals surface area contributed by atoms with Crippen LogP contribution in [-0.4, -0.2) is 42.5 Å². The van der Waals surface area contributed by atoms with Crippen LogP contribution in [0.2, 0.25) is 0 Å². The first-order valence-electron chi connectivity index (χ1n) is 6.65. The van der Waals surface area contributed by atoms with Crippen molar-refractivity contribution in [3.63, 3.8) is 0 Å². The van der Waals surface area contributed by atoms with E-state index in [9.17, 15) is 4.79 Å². The van der Waals surface area contributed by atoms with Crippen molar-refractivity contribution < 1.29 is 4.79 Å². The maximum Gasteiger partial charge on any atom is 0.263 e. The molecule has 0 atom stereocenters. The van der Waals surface area contributed by atoms with Crippen molar-refractivity contribution in [1.82, 2.24) is 15.2 Å². The Morgan fingerprint density at radius 2 is 2.25 bits per heavy atom. The molecular formula is C14H20N4OS. The van der Waals surface area contributed by atoms with Crippen LogP contribution in [0.25, 0.3) is 10.2 Å². The van der Waals surface area contributed by atoms with Gasteiger partial charge >= 0.3 is 0 Å². The average molecular weight is 292 g/mol. The van der Waals surface area contributed by atoms with Gasteiger partial charge in [-0.1, -0.05) is 6.92 Å². The minimum absolute atomic E-state index is 0.118. The number of nitrogens with zero attached hydrogens (tertiary/aromatic N) is 2. The summed E-state index contributed by atoms with van der Waals surface area (Å²) in [5.41, 5.74) is 7.50.